The average Bonchev–Trinajstić information content (AvgIpc) is 2.84. The van der Waals surface area contributed by atoms with Crippen molar-refractivity contribution in [2.45, 2.75) is 64.6 Å². The third kappa shape index (κ3) is 7.51. The van der Waals surface area contributed by atoms with Crippen molar-refractivity contribution >= 4 is 23.6 Å². The van der Waals surface area contributed by atoms with Crippen LogP contribution in [0.4, 0.5) is 0 Å². The van der Waals surface area contributed by atoms with Crippen LogP contribution < -0.4 is 16.0 Å². The Labute approximate surface area is 212 Å². The van der Waals surface area contributed by atoms with Gasteiger partial charge in [0.2, 0.25) is 17.7 Å². The van der Waals surface area contributed by atoms with Crippen molar-refractivity contribution < 1.29 is 29.0 Å². The van der Waals surface area contributed by atoms with Gasteiger partial charge in [0.25, 0.3) is 5.91 Å². The monoisotopic (exact) mass is 502 g/mol. The smallest absolute Gasteiger partial charge is 0.252 e. The van der Waals surface area contributed by atoms with Crippen LogP contribution in [0.2, 0.25) is 0 Å². The Morgan fingerprint density at radius 1 is 1.17 bits per heavy atom. The second-order valence-corrected chi connectivity index (χ2v) is 9.80. The fourth-order valence-corrected chi connectivity index (χ4v) is 4.59. The number of aliphatic hydroxyl groups excluding tert-OH is 1. The molecule has 2 aliphatic rings. The molecule has 3 rings (SSSR count). The van der Waals surface area contributed by atoms with Crippen molar-refractivity contribution in [2.75, 3.05) is 32.8 Å². The summed E-state index contributed by atoms with van der Waals surface area (Å²) in [4.78, 5) is 53.4. The molecule has 4 N–H and O–H groups in total. The first-order valence-electron chi connectivity index (χ1n) is 12.7. The van der Waals surface area contributed by atoms with Gasteiger partial charge in [-0.3, -0.25) is 19.2 Å². The number of ether oxygens (including phenoxy) is 1. The highest BCUT2D eigenvalue weighted by Crippen LogP contribution is 2.18. The maximum absolute atomic E-state index is 13.2. The molecular formula is C26H38N4O6. The van der Waals surface area contributed by atoms with Crippen molar-refractivity contribution in [1.82, 2.24) is 20.9 Å². The Balaban J connectivity index is 1.83. The van der Waals surface area contributed by atoms with Crippen molar-refractivity contribution in [2.24, 2.45) is 5.92 Å². The highest BCUT2D eigenvalue weighted by Gasteiger charge is 2.31. The second kappa shape index (κ2) is 12.8. The number of hydrogen-bond acceptors (Lipinski definition) is 6. The van der Waals surface area contributed by atoms with Crippen LogP contribution in [0.5, 0.6) is 0 Å². The first kappa shape index (κ1) is 27.6. The molecule has 0 aromatic heterocycles. The number of carbonyl (C=O) groups excluding carboxylic acids is 4. The van der Waals surface area contributed by atoms with Crippen LogP contribution in [0, 0.1) is 12.8 Å². The molecule has 10 nitrogen and oxygen atoms in total. The molecule has 0 saturated carbocycles. The fraction of sp³-hybridized carbons (Fsp3) is 0.615. The van der Waals surface area contributed by atoms with Gasteiger partial charge >= 0.3 is 0 Å². The Bertz CT molecular complexity index is 960. The standard InChI is InChI=1S/C26H38N4O6/c1-16-6-7-21-13-20(16)5-4-10-27-22(32)15-30(26(35)19-8-11-36-12-9-19)14-17(2)28-25(34)23(18(3)31)29-24(21)33/h6-7,13,17-19,23,31H,4-5,8-12,14-15H2,1-3H3,(H,27,32)(H,28,34)(H,29,33)/t17-,18-,23+/m1/s1. The van der Waals surface area contributed by atoms with Crippen molar-refractivity contribution in [3.05, 3.63) is 34.9 Å². The predicted molar refractivity (Wildman–Crippen MR) is 133 cm³/mol. The van der Waals surface area contributed by atoms with Gasteiger partial charge in [0.05, 0.1) is 12.6 Å². The Morgan fingerprint density at radius 3 is 2.58 bits per heavy atom. The fourth-order valence-electron chi connectivity index (χ4n) is 4.59. The zero-order valence-electron chi connectivity index (χ0n) is 21.3. The lowest BCUT2D eigenvalue weighted by atomic mass is 9.98. The van der Waals surface area contributed by atoms with E-state index in [0.29, 0.717) is 51.0 Å². The number of carbonyl (C=O) groups is 4. The van der Waals surface area contributed by atoms with Crippen LogP contribution in [0.3, 0.4) is 0 Å². The molecule has 2 heterocycles. The number of aliphatic hydroxyl groups is 1. The molecule has 1 aromatic carbocycles. The van der Waals surface area contributed by atoms with E-state index in [2.05, 4.69) is 16.0 Å². The molecular weight excluding hydrogens is 464 g/mol. The highest BCUT2D eigenvalue weighted by atomic mass is 16.5. The predicted octanol–water partition coefficient (Wildman–Crippen LogP) is 0.297. The number of aryl methyl sites for hydroxylation is 2. The number of benzene rings is 1. The molecule has 1 fully saturated rings. The molecule has 0 unspecified atom stereocenters. The lowest BCUT2D eigenvalue weighted by Crippen LogP contribution is -2.56. The summed E-state index contributed by atoms with van der Waals surface area (Å²) in [6.45, 7) is 6.55. The van der Waals surface area contributed by atoms with Gasteiger partial charge in [-0.2, -0.15) is 0 Å². The Kier molecular flexibility index (Phi) is 9.83. The average molecular weight is 503 g/mol. The molecule has 36 heavy (non-hydrogen) atoms. The van der Waals surface area contributed by atoms with Gasteiger partial charge in [-0.25, -0.2) is 0 Å². The highest BCUT2D eigenvalue weighted by molar-refractivity contribution is 5.98. The lowest BCUT2D eigenvalue weighted by molar-refractivity contribution is -0.142. The number of rotatable bonds is 2. The minimum Gasteiger partial charge on any atom is -0.391 e. The third-order valence-corrected chi connectivity index (χ3v) is 6.71. The van der Waals surface area contributed by atoms with Crippen LogP contribution in [0.25, 0.3) is 0 Å². The second-order valence-electron chi connectivity index (χ2n) is 9.80. The maximum atomic E-state index is 13.2. The van der Waals surface area contributed by atoms with E-state index in [1.54, 1.807) is 19.1 Å². The van der Waals surface area contributed by atoms with Crippen molar-refractivity contribution in [1.29, 1.82) is 0 Å². The number of fused-ring (bicyclic) bond motifs is 2. The normalized spacial score (nSPS) is 24.2. The van der Waals surface area contributed by atoms with E-state index in [-0.39, 0.29) is 30.8 Å². The van der Waals surface area contributed by atoms with Crippen LogP contribution in [0.1, 0.15) is 54.6 Å². The van der Waals surface area contributed by atoms with E-state index in [4.69, 9.17) is 4.74 Å². The quantitative estimate of drug-likeness (QED) is 0.459. The topological polar surface area (TPSA) is 137 Å². The zero-order valence-corrected chi connectivity index (χ0v) is 21.3. The largest absolute Gasteiger partial charge is 0.391 e. The van der Waals surface area contributed by atoms with Crippen molar-refractivity contribution in [3.63, 3.8) is 0 Å². The minimum atomic E-state index is -1.18. The van der Waals surface area contributed by atoms with E-state index in [0.717, 1.165) is 11.1 Å². The van der Waals surface area contributed by atoms with Gasteiger partial charge in [-0.15, -0.1) is 0 Å². The summed E-state index contributed by atoms with van der Waals surface area (Å²) in [7, 11) is 0. The molecule has 0 radical (unpaired) electrons. The Morgan fingerprint density at radius 2 is 1.89 bits per heavy atom. The van der Waals surface area contributed by atoms with Crippen LogP contribution in [0.15, 0.2) is 18.2 Å². The molecule has 0 spiro atoms. The first-order valence-corrected chi connectivity index (χ1v) is 12.7. The number of nitrogens with one attached hydrogen (secondary N) is 3. The van der Waals surface area contributed by atoms with Gasteiger partial charge < -0.3 is 30.7 Å². The van der Waals surface area contributed by atoms with E-state index >= 15 is 0 Å². The SMILES string of the molecule is Cc1ccc2cc1CCCNC(=O)CN(C(=O)C1CCOCC1)C[C@@H](C)NC(=O)[C@H]([C@@H](C)O)NC2=O. The molecule has 198 valence electrons. The molecule has 0 aliphatic carbocycles. The van der Waals surface area contributed by atoms with Crippen LogP contribution in [-0.4, -0.2) is 84.7 Å². The summed E-state index contributed by atoms with van der Waals surface area (Å²) >= 11 is 0. The lowest BCUT2D eigenvalue weighted by Gasteiger charge is -2.31. The molecule has 1 saturated heterocycles. The molecule has 3 atom stereocenters. The van der Waals surface area contributed by atoms with Crippen LogP contribution in [-0.2, 0) is 25.5 Å². The van der Waals surface area contributed by atoms with E-state index in [9.17, 15) is 24.3 Å². The van der Waals surface area contributed by atoms with E-state index < -0.39 is 30.0 Å². The van der Waals surface area contributed by atoms with Crippen molar-refractivity contribution in [3.8, 4) is 0 Å². The zero-order chi connectivity index (χ0) is 26.2. The number of hydrogen-bond donors (Lipinski definition) is 4. The number of nitrogens with zero attached hydrogens (tertiary/aromatic N) is 1. The van der Waals surface area contributed by atoms with E-state index in [1.807, 2.05) is 13.0 Å². The van der Waals surface area contributed by atoms with Gasteiger partial charge in [0.1, 0.15) is 6.04 Å². The molecule has 1 aromatic rings. The van der Waals surface area contributed by atoms with Gasteiger partial charge in [-0.05, 0) is 69.7 Å². The Hall–Kier alpha value is -2.98. The molecule has 2 aliphatic heterocycles. The third-order valence-electron chi connectivity index (χ3n) is 6.71. The number of amides is 4. The maximum Gasteiger partial charge on any atom is 0.252 e. The van der Waals surface area contributed by atoms with E-state index in [1.165, 1.54) is 11.8 Å². The van der Waals surface area contributed by atoms with Gasteiger partial charge in [0, 0.05) is 43.8 Å². The summed E-state index contributed by atoms with van der Waals surface area (Å²) in [6, 6.07) is 3.61. The summed E-state index contributed by atoms with van der Waals surface area (Å²) in [6.07, 6.45) is 1.35. The van der Waals surface area contributed by atoms with Gasteiger partial charge in [0.15, 0.2) is 0 Å². The minimum absolute atomic E-state index is 0.110. The summed E-state index contributed by atoms with van der Waals surface area (Å²) < 4.78 is 5.37. The first-order chi connectivity index (χ1) is 17.2. The summed E-state index contributed by atoms with van der Waals surface area (Å²) in [5.41, 5.74) is 2.37. The van der Waals surface area contributed by atoms with Crippen LogP contribution >= 0.6 is 0 Å². The molecule has 2 bridgehead atoms. The molecule has 4 amide bonds. The molecule has 10 heteroatoms. The van der Waals surface area contributed by atoms with Gasteiger partial charge in [-0.1, -0.05) is 6.07 Å². The summed E-state index contributed by atoms with van der Waals surface area (Å²) in [5.74, 6) is -1.66. The summed E-state index contributed by atoms with van der Waals surface area (Å²) in [5, 5.41) is 18.5.